The van der Waals surface area contributed by atoms with Crippen molar-refractivity contribution in [3.8, 4) is 0 Å². The number of aryl methyl sites for hydroxylation is 1. The summed E-state index contributed by atoms with van der Waals surface area (Å²) >= 11 is 1.60. The fourth-order valence-corrected chi connectivity index (χ4v) is 3.75. The second kappa shape index (κ2) is 3.31. The van der Waals surface area contributed by atoms with E-state index in [4.69, 9.17) is 0 Å². The zero-order valence-corrected chi connectivity index (χ0v) is 10.5. The van der Waals surface area contributed by atoms with Crippen molar-refractivity contribution in [2.75, 3.05) is 33.2 Å². The normalized spacial score (nSPS) is 23.0. The Bertz CT molecular complexity index is 426. The van der Waals surface area contributed by atoms with Crippen LogP contribution in [0.3, 0.4) is 0 Å². The number of nitrogens with zero attached hydrogens (tertiary/aromatic N) is 2. The minimum Gasteiger partial charge on any atom is -0.336 e. The van der Waals surface area contributed by atoms with E-state index in [0.717, 1.165) is 31.1 Å². The number of amides is 1. The third kappa shape index (κ3) is 1.48. The van der Waals surface area contributed by atoms with E-state index in [0.29, 0.717) is 5.41 Å². The molecule has 4 heteroatoms. The molecule has 16 heavy (non-hydrogen) atoms. The van der Waals surface area contributed by atoms with Gasteiger partial charge in [-0.25, -0.2) is 0 Å². The predicted molar refractivity (Wildman–Crippen MR) is 64.9 cm³/mol. The molecule has 0 aromatic carbocycles. The molecular formula is C12H16N2OS. The first-order valence-corrected chi connectivity index (χ1v) is 6.44. The Balaban J connectivity index is 1.63. The van der Waals surface area contributed by atoms with Crippen molar-refractivity contribution in [3.63, 3.8) is 0 Å². The van der Waals surface area contributed by atoms with E-state index in [2.05, 4.69) is 11.9 Å². The lowest BCUT2D eigenvalue weighted by atomic mass is 9.73. The Morgan fingerprint density at radius 2 is 2.00 bits per heavy atom. The van der Waals surface area contributed by atoms with Gasteiger partial charge in [0.05, 0.1) is 4.88 Å². The van der Waals surface area contributed by atoms with Gasteiger partial charge in [-0.3, -0.25) is 4.79 Å². The largest absolute Gasteiger partial charge is 0.336 e. The molecule has 0 atom stereocenters. The first-order valence-electron chi connectivity index (χ1n) is 5.62. The summed E-state index contributed by atoms with van der Waals surface area (Å²) in [6.07, 6.45) is 0. The second-order valence-electron chi connectivity index (χ2n) is 5.24. The van der Waals surface area contributed by atoms with Gasteiger partial charge in [0.15, 0.2) is 0 Å². The third-order valence-corrected chi connectivity index (χ3v) is 4.49. The van der Waals surface area contributed by atoms with E-state index in [1.807, 2.05) is 24.0 Å². The molecule has 86 valence electrons. The number of likely N-dealkylation sites (tertiary alicyclic amines) is 2. The highest BCUT2D eigenvalue weighted by Gasteiger charge is 2.51. The maximum absolute atomic E-state index is 12.1. The SMILES string of the molecule is Cc1ccc(C(=O)N2CC3(CN(C)C3)C2)s1. The van der Waals surface area contributed by atoms with Crippen molar-refractivity contribution in [1.82, 2.24) is 9.80 Å². The number of carbonyl (C=O) groups is 1. The first kappa shape index (κ1) is 10.3. The fraction of sp³-hybridized carbons (Fsp3) is 0.583. The topological polar surface area (TPSA) is 23.6 Å². The molecule has 3 heterocycles. The van der Waals surface area contributed by atoms with E-state index in [1.165, 1.54) is 4.88 Å². The van der Waals surface area contributed by atoms with Crippen LogP contribution in [-0.2, 0) is 0 Å². The molecule has 1 spiro atoms. The fourth-order valence-electron chi connectivity index (χ4n) is 2.91. The molecule has 1 aromatic rings. The number of rotatable bonds is 1. The van der Waals surface area contributed by atoms with Gasteiger partial charge < -0.3 is 9.80 Å². The number of hydrogen-bond acceptors (Lipinski definition) is 3. The van der Waals surface area contributed by atoms with Gasteiger partial charge in [-0.15, -0.1) is 11.3 Å². The average Bonchev–Trinajstić information content (AvgIpc) is 2.55. The molecule has 1 aromatic heterocycles. The van der Waals surface area contributed by atoms with Gasteiger partial charge >= 0.3 is 0 Å². The summed E-state index contributed by atoms with van der Waals surface area (Å²) in [7, 11) is 2.14. The number of hydrogen-bond donors (Lipinski definition) is 0. The van der Waals surface area contributed by atoms with Crippen molar-refractivity contribution in [2.45, 2.75) is 6.92 Å². The number of carbonyl (C=O) groups excluding carboxylic acids is 1. The zero-order chi connectivity index (χ0) is 11.3. The lowest BCUT2D eigenvalue weighted by Gasteiger charge is -2.59. The van der Waals surface area contributed by atoms with Crippen molar-refractivity contribution < 1.29 is 4.79 Å². The van der Waals surface area contributed by atoms with Gasteiger partial charge in [-0.2, -0.15) is 0 Å². The predicted octanol–water partition coefficient (Wildman–Crippen LogP) is 1.44. The average molecular weight is 236 g/mol. The van der Waals surface area contributed by atoms with Crippen molar-refractivity contribution >= 4 is 17.2 Å². The van der Waals surface area contributed by atoms with Gasteiger partial charge in [0.2, 0.25) is 0 Å². The maximum Gasteiger partial charge on any atom is 0.263 e. The molecule has 0 saturated carbocycles. The summed E-state index contributed by atoms with van der Waals surface area (Å²) in [5.74, 6) is 0.221. The highest BCUT2D eigenvalue weighted by atomic mass is 32.1. The molecule has 2 aliphatic heterocycles. The Kier molecular flexibility index (Phi) is 2.13. The highest BCUT2D eigenvalue weighted by Crippen LogP contribution is 2.39. The molecular weight excluding hydrogens is 220 g/mol. The standard InChI is InChI=1S/C12H16N2OS/c1-9-3-4-10(16-9)11(15)14-7-12(8-14)5-13(2)6-12/h3-4H,5-8H2,1-2H3. The van der Waals surface area contributed by atoms with Gasteiger partial charge in [0.1, 0.15) is 0 Å². The minimum absolute atomic E-state index is 0.221. The molecule has 0 unspecified atom stereocenters. The van der Waals surface area contributed by atoms with Gasteiger partial charge in [0, 0.05) is 36.5 Å². The van der Waals surface area contributed by atoms with Crippen LogP contribution in [0.15, 0.2) is 12.1 Å². The van der Waals surface area contributed by atoms with Crippen molar-refractivity contribution in [1.29, 1.82) is 0 Å². The van der Waals surface area contributed by atoms with Gasteiger partial charge in [-0.1, -0.05) is 0 Å². The first-order chi connectivity index (χ1) is 7.58. The van der Waals surface area contributed by atoms with Crippen LogP contribution >= 0.6 is 11.3 Å². The van der Waals surface area contributed by atoms with Crippen LogP contribution < -0.4 is 0 Å². The van der Waals surface area contributed by atoms with E-state index in [9.17, 15) is 4.79 Å². The van der Waals surface area contributed by atoms with Gasteiger partial charge in [-0.05, 0) is 26.1 Å². The monoisotopic (exact) mass is 236 g/mol. The molecule has 2 aliphatic rings. The van der Waals surface area contributed by atoms with E-state index < -0.39 is 0 Å². The molecule has 0 N–H and O–H groups in total. The van der Waals surface area contributed by atoms with Crippen LogP contribution in [0.4, 0.5) is 0 Å². The maximum atomic E-state index is 12.1. The Morgan fingerprint density at radius 1 is 1.31 bits per heavy atom. The molecule has 0 radical (unpaired) electrons. The smallest absolute Gasteiger partial charge is 0.263 e. The van der Waals surface area contributed by atoms with E-state index in [1.54, 1.807) is 11.3 Å². The summed E-state index contributed by atoms with van der Waals surface area (Å²) in [6, 6.07) is 3.96. The molecule has 3 rings (SSSR count). The van der Waals surface area contributed by atoms with Crippen LogP contribution in [0.2, 0.25) is 0 Å². The number of thiophene rings is 1. The summed E-state index contributed by atoms with van der Waals surface area (Å²) in [4.78, 5) is 18.5. The third-order valence-electron chi connectivity index (χ3n) is 3.50. The van der Waals surface area contributed by atoms with Crippen molar-refractivity contribution in [2.24, 2.45) is 5.41 Å². The Labute approximate surface area is 99.7 Å². The Hall–Kier alpha value is -0.870. The summed E-state index contributed by atoms with van der Waals surface area (Å²) in [5, 5.41) is 0. The van der Waals surface area contributed by atoms with Gasteiger partial charge in [0.25, 0.3) is 5.91 Å². The van der Waals surface area contributed by atoms with Crippen LogP contribution in [0.1, 0.15) is 14.5 Å². The van der Waals surface area contributed by atoms with Crippen LogP contribution in [0.5, 0.6) is 0 Å². The highest BCUT2D eigenvalue weighted by molar-refractivity contribution is 7.13. The molecule has 0 bridgehead atoms. The Morgan fingerprint density at radius 3 is 2.50 bits per heavy atom. The van der Waals surface area contributed by atoms with E-state index in [-0.39, 0.29) is 5.91 Å². The zero-order valence-electron chi connectivity index (χ0n) is 9.69. The summed E-state index contributed by atoms with van der Waals surface area (Å²) in [6.45, 7) is 6.25. The molecule has 1 amide bonds. The van der Waals surface area contributed by atoms with Crippen LogP contribution in [0, 0.1) is 12.3 Å². The minimum atomic E-state index is 0.221. The summed E-state index contributed by atoms with van der Waals surface area (Å²) in [5.41, 5.74) is 0.441. The molecule has 2 saturated heterocycles. The van der Waals surface area contributed by atoms with Crippen LogP contribution in [0.25, 0.3) is 0 Å². The summed E-state index contributed by atoms with van der Waals surface area (Å²) < 4.78 is 0. The quantitative estimate of drug-likeness (QED) is 0.736. The van der Waals surface area contributed by atoms with Crippen molar-refractivity contribution in [3.05, 3.63) is 21.9 Å². The lowest BCUT2D eigenvalue weighted by molar-refractivity contribution is -0.0870. The van der Waals surface area contributed by atoms with E-state index >= 15 is 0 Å². The second-order valence-corrected chi connectivity index (χ2v) is 6.53. The van der Waals surface area contributed by atoms with Crippen LogP contribution in [-0.4, -0.2) is 48.9 Å². The molecule has 0 aliphatic carbocycles. The molecule has 3 nitrogen and oxygen atoms in total. The molecule has 2 fully saturated rings. The lowest BCUT2D eigenvalue weighted by Crippen LogP contribution is -2.71.